The quantitative estimate of drug-likeness (QED) is 0.314. The van der Waals surface area contributed by atoms with Gasteiger partial charge in [-0.1, -0.05) is 29.6 Å². The summed E-state index contributed by atoms with van der Waals surface area (Å²) in [5, 5.41) is 9.33. The van der Waals surface area contributed by atoms with E-state index in [1.54, 1.807) is 7.05 Å². The smallest absolute Gasteiger partial charge is 0.387 e. The van der Waals surface area contributed by atoms with Crippen molar-refractivity contribution in [1.82, 2.24) is 16.0 Å². The molecule has 1 aromatic carbocycles. The van der Waals surface area contributed by atoms with Crippen molar-refractivity contribution in [3.8, 4) is 5.75 Å². The molecule has 156 valence electrons. The fraction of sp³-hybridized carbons (Fsp3) is 0.556. The number of rotatable bonds is 9. The first-order valence-corrected chi connectivity index (χ1v) is 9.81. The van der Waals surface area contributed by atoms with Gasteiger partial charge in [-0.15, -0.1) is 0 Å². The normalized spacial score (nSPS) is 14.6. The van der Waals surface area contributed by atoms with Crippen LogP contribution in [0.2, 0.25) is 10.0 Å². The van der Waals surface area contributed by atoms with Crippen LogP contribution in [0, 0.1) is 5.92 Å². The van der Waals surface area contributed by atoms with E-state index in [4.69, 9.17) is 23.2 Å². The molecule has 0 bridgehead atoms. The van der Waals surface area contributed by atoms with Crippen molar-refractivity contribution in [2.45, 2.75) is 38.8 Å². The minimum Gasteiger partial charge on any atom is -0.433 e. The first kappa shape index (κ1) is 22.5. The van der Waals surface area contributed by atoms with Gasteiger partial charge in [0.1, 0.15) is 5.75 Å². The SMILES string of the molecule is CN=C(NCCCNC(=O)C1CCC1)NCc1cc(Cl)cc(Cl)c1OC(F)F. The maximum Gasteiger partial charge on any atom is 0.387 e. The van der Waals surface area contributed by atoms with Crippen molar-refractivity contribution in [2.75, 3.05) is 20.1 Å². The summed E-state index contributed by atoms with van der Waals surface area (Å²) in [5.41, 5.74) is 0.383. The number of aliphatic imine (C=N–C) groups is 1. The van der Waals surface area contributed by atoms with Crippen molar-refractivity contribution in [2.24, 2.45) is 10.9 Å². The standard InChI is InChI=1S/C18H24Cl2F2N4O2/c1-23-18(25-7-3-6-24-16(27)11-4-2-5-11)26-10-12-8-13(19)9-14(20)15(12)28-17(21)22/h8-9,11,17H,2-7,10H2,1H3,(H,24,27)(H2,23,25,26). The number of carbonyl (C=O) groups is 1. The molecule has 0 aromatic heterocycles. The van der Waals surface area contributed by atoms with E-state index in [1.165, 1.54) is 12.1 Å². The highest BCUT2D eigenvalue weighted by Crippen LogP contribution is 2.33. The Hall–Kier alpha value is -1.80. The van der Waals surface area contributed by atoms with Crippen LogP contribution >= 0.6 is 23.2 Å². The molecule has 0 radical (unpaired) electrons. The van der Waals surface area contributed by atoms with E-state index in [0.717, 1.165) is 25.7 Å². The first-order valence-electron chi connectivity index (χ1n) is 9.05. The third kappa shape index (κ3) is 6.98. The maximum atomic E-state index is 12.6. The van der Waals surface area contributed by atoms with Crippen LogP contribution < -0.4 is 20.7 Å². The largest absolute Gasteiger partial charge is 0.433 e. The second-order valence-electron chi connectivity index (χ2n) is 6.38. The molecule has 0 atom stereocenters. The number of benzene rings is 1. The van der Waals surface area contributed by atoms with Crippen LogP contribution in [0.25, 0.3) is 0 Å². The van der Waals surface area contributed by atoms with Gasteiger partial charge in [0.15, 0.2) is 5.96 Å². The molecule has 0 saturated heterocycles. The van der Waals surface area contributed by atoms with Crippen LogP contribution in [0.1, 0.15) is 31.2 Å². The Morgan fingerprint density at radius 1 is 1.25 bits per heavy atom. The van der Waals surface area contributed by atoms with Crippen molar-refractivity contribution in [1.29, 1.82) is 0 Å². The Labute approximate surface area is 173 Å². The summed E-state index contributed by atoms with van der Waals surface area (Å²) in [5.74, 6) is 0.654. The number of amides is 1. The maximum absolute atomic E-state index is 12.6. The van der Waals surface area contributed by atoms with Crippen molar-refractivity contribution in [3.05, 3.63) is 27.7 Å². The Morgan fingerprint density at radius 3 is 2.57 bits per heavy atom. The summed E-state index contributed by atoms with van der Waals surface area (Å²) in [7, 11) is 1.59. The number of guanidine groups is 1. The van der Waals surface area contributed by atoms with Gasteiger partial charge in [-0.05, 0) is 31.4 Å². The minimum absolute atomic E-state index is 0.00903. The van der Waals surface area contributed by atoms with E-state index in [-0.39, 0.29) is 29.1 Å². The average Bonchev–Trinajstić information content (AvgIpc) is 2.58. The molecule has 1 fully saturated rings. The molecule has 1 aliphatic rings. The van der Waals surface area contributed by atoms with E-state index in [0.29, 0.717) is 29.6 Å². The lowest BCUT2D eigenvalue weighted by molar-refractivity contribution is -0.127. The Morgan fingerprint density at radius 2 is 1.96 bits per heavy atom. The van der Waals surface area contributed by atoms with Crippen LogP contribution in [0.15, 0.2) is 17.1 Å². The van der Waals surface area contributed by atoms with E-state index >= 15 is 0 Å². The molecule has 0 heterocycles. The molecule has 0 aliphatic heterocycles. The van der Waals surface area contributed by atoms with E-state index in [2.05, 4.69) is 25.7 Å². The van der Waals surface area contributed by atoms with Crippen LogP contribution in [0.3, 0.4) is 0 Å². The minimum atomic E-state index is -3.00. The van der Waals surface area contributed by atoms with Crippen LogP contribution in [0.5, 0.6) is 5.75 Å². The Kier molecular flexibility index (Phi) is 9.05. The second kappa shape index (κ2) is 11.3. The fourth-order valence-electron chi connectivity index (χ4n) is 2.69. The van der Waals surface area contributed by atoms with Gasteiger partial charge in [-0.25, -0.2) is 0 Å². The van der Waals surface area contributed by atoms with Gasteiger partial charge in [0.2, 0.25) is 5.91 Å². The Balaban J connectivity index is 1.77. The number of carbonyl (C=O) groups excluding carboxylic acids is 1. The number of ether oxygens (including phenoxy) is 1. The van der Waals surface area contributed by atoms with Gasteiger partial charge in [-0.3, -0.25) is 9.79 Å². The highest BCUT2D eigenvalue weighted by molar-refractivity contribution is 6.35. The molecule has 0 unspecified atom stereocenters. The van der Waals surface area contributed by atoms with Gasteiger partial charge in [0.25, 0.3) is 0 Å². The third-order valence-electron chi connectivity index (χ3n) is 4.38. The lowest BCUT2D eigenvalue weighted by atomic mass is 9.85. The lowest BCUT2D eigenvalue weighted by Gasteiger charge is -2.24. The zero-order valence-electron chi connectivity index (χ0n) is 15.5. The zero-order chi connectivity index (χ0) is 20.5. The molecule has 1 aliphatic carbocycles. The van der Waals surface area contributed by atoms with Gasteiger partial charge in [-0.2, -0.15) is 8.78 Å². The van der Waals surface area contributed by atoms with Crippen LogP contribution in [-0.4, -0.2) is 38.6 Å². The molecule has 0 spiro atoms. The van der Waals surface area contributed by atoms with E-state index in [9.17, 15) is 13.6 Å². The summed E-state index contributed by atoms with van der Waals surface area (Å²) in [4.78, 5) is 15.8. The zero-order valence-corrected chi connectivity index (χ0v) is 17.0. The fourth-order valence-corrected chi connectivity index (χ4v) is 3.27. The van der Waals surface area contributed by atoms with Crippen LogP contribution in [-0.2, 0) is 11.3 Å². The highest BCUT2D eigenvalue weighted by Gasteiger charge is 2.24. The number of hydrogen-bond acceptors (Lipinski definition) is 3. The average molecular weight is 437 g/mol. The molecule has 2 rings (SSSR count). The molecule has 1 aromatic rings. The summed E-state index contributed by atoms with van der Waals surface area (Å²) < 4.78 is 29.7. The van der Waals surface area contributed by atoms with Crippen molar-refractivity contribution < 1.29 is 18.3 Å². The molecule has 1 amide bonds. The summed E-state index contributed by atoms with van der Waals surface area (Å²) in [6.07, 6.45) is 3.81. The van der Waals surface area contributed by atoms with Gasteiger partial charge >= 0.3 is 6.61 Å². The van der Waals surface area contributed by atoms with Gasteiger partial charge in [0.05, 0.1) is 5.02 Å². The molecule has 6 nitrogen and oxygen atoms in total. The lowest BCUT2D eigenvalue weighted by Crippen LogP contribution is -2.39. The molecule has 1 saturated carbocycles. The highest BCUT2D eigenvalue weighted by atomic mass is 35.5. The first-order chi connectivity index (χ1) is 13.4. The predicted octanol–water partition coefficient (Wildman–Crippen LogP) is 3.57. The summed E-state index contributed by atoms with van der Waals surface area (Å²) in [6.45, 7) is -1.69. The predicted molar refractivity (Wildman–Crippen MR) is 106 cm³/mol. The summed E-state index contributed by atoms with van der Waals surface area (Å²) in [6, 6.07) is 2.84. The van der Waals surface area contributed by atoms with Crippen LogP contribution in [0.4, 0.5) is 8.78 Å². The van der Waals surface area contributed by atoms with Gasteiger partial charge < -0.3 is 20.7 Å². The number of halogens is 4. The number of hydrogen-bond donors (Lipinski definition) is 3. The number of nitrogens with one attached hydrogen (secondary N) is 3. The topological polar surface area (TPSA) is 74.8 Å². The van der Waals surface area contributed by atoms with Crippen molar-refractivity contribution in [3.63, 3.8) is 0 Å². The second-order valence-corrected chi connectivity index (χ2v) is 7.22. The molecule has 10 heteroatoms. The number of alkyl halides is 2. The monoisotopic (exact) mass is 436 g/mol. The molecule has 28 heavy (non-hydrogen) atoms. The third-order valence-corrected chi connectivity index (χ3v) is 4.88. The van der Waals surface area contributed by atoms with Gasteiger partial charge in [0, 0.05) is 43.2 Å². The molecule has 3 N–H and O–H groups in total. The summed E-state index contributed by atoms with van der Waals surface area (Å²) >= 11 is 11.9. The van der Waals surface area contributed by atoms with E-state index in [1.807, 2.05) is 0 Å². The van der Waals surface area contributed by atoms with Crippen molar-refractivity contribution >= 4 is 35.1 Å². The van der Waals surface area contributed by atoms with E-state index < -0.39 is 6.61 Å². The molecular formula is C18H24Cl2F2N4O2. The molecular weight excluding hydrogens is 413 g/mol. The Bertz CT molecular complexity index is 700. The number of nitrogens with zero attached hydrogens (tertiary/aromatic N) is 1.